The molecule has 4 nitrogen and oxygen atoms in total. The van der Waals surface area contributed by atoms with Gasteiger partial charge in [0.05, 0.1) is 5.75 Å². The Hall–Kier alpha value is -2.27. The van der Waals surface area contributed by atoms with Crippen LogP contribution >= 0.6 is 11.8 Å². The van der Waals surface area contributed by atoms with E-state index in [0.29, 0.717) is 6.54 Å². The second-order valence-corrected chi connectivity index (χ2v) is 7.72. The molecule has 0 aliphatic heterocycles. The predicted molar refractivity (Wildman–Crippen MR) is 108 cm³/mol. The molecule has 0 heterocycles. The molecule has 0 bridgehead atoms. The first-order chi connectivity index (χ1) is 13.2. The Balaban J connectivity index is 1.28. The van der Waals surface area contributed by atoms with E-state index in [-0.39, 0.29) is 24.2 Å². The van der Waals surface area contributed by atoms with Gasteiger partial charge in [0.2, 0.25) is 0 Å². The number of ether oxygens (including phenoxy) is 1. The summed E-state index contributed by atoms with van der Waals surface area (Å²) >= 11 is 1.46. The van der Waals surface area contributed by atoms with E-state index in [4.69, 9.17) is 4.74 Å². The fraction of sp³-hybridized carbons (Fsp3) is 0.364. The van der Waals surface area contributed by atoms with Crippen molar-refractivity contribution in [2.75, 3.05) is 18.9 Å². The van der Waals surface area contributed by atoms with E-state index in [2.05, 4.69) is 35.6 Å². The molecule has 5 heteroatoms. The quantitative estimate of drug-likeness (QED) is 0.409. The standard InChI is InChI=1S/C22H25NO3S/c24-21(23-13-5-8-17-6-2-1-3-7-17)15-26-22(25)16-27-20-12-11-18-9-4-10-19(18)14-20/h1-3,6-7,11-12,14H,4-5,8-10,13,15-16H2,(H,23,24). The molecule has 0 fully saturated rings. The van der Waals surface area contributed by atoms with Crippen molar-refractivity contribution in [1.29, 1.82) is 0 Å². The number of fused-ring (bicyclic) bond motifs is 1. The number of rotatable bonds is 9. The van der Waals surface area contributed by atoms with Gasteiger partial charge in [-0.1, -0.05) is 36.4 Å². The van der Waals surface area contributed by atoms with Crippen LogP contribution in [0.1, 0.15) is 29.5 Å². The second kappa shape index (κ2) is 10.2. The molecule has 3 rings (SSSR count). The lowest BCUT2D eigenvalue weighted by molar-refractivity contribution is -0.145. The summed E-state index contributed by atoms with van der Waals surface area (Å²) < 4.78 is 5.06. The molecule has 1 N–H and O–H groups in total. The van der Waals surface area contributed by atoms with Crippen LogP contribution in [0.2, 0.25) is 0 Å². The van der Waals surface area contributed by atoms with Gasteiger partial charge in [0.15, 0.2) is 6.61 Å². The second-order valence-electron chi connectivity index (χ2n) is 6.67. The number of hydrogen-bond donors (Lipinski definition) is 1. The van der Waals surface area contributed by atoms with Crippen molar-refractivity contribution in [3.8, 4) is 0 Å². The molecule has 1 aliphatic rings. The Morgan fingerprint density at radius 3 is 2.70 bits per heavy atom. The van der Waals surface area contributed by atoms with Gasteiger partial charge in [-0.25, -0.2) is 0 Å². The van der Waals surface area contributed by atoms with Crippen LogP contribution in [-0.4, -0.2) is 30.8 Å². The van der Waals surface area contributed by atoms with Crippen LogP contribution < -0.4 is 5.32 Å². The molecule has 0 aromatic heterocycles. The van der Waals surface area contributed by atoms with Gasteiger partial charge in [-0.2, -0.15) is 0 Å². The maximum Gasteiger partial charge on any atom is 0.316 e. The first kappa shape index (κ1) is 19.5. The molecule has 1 amide bonds. The first-order valence-corrected chi connectivity index (χ1v) is 10.4. The zero-order valence-corrected chi connectivity index (χ0v) is 16.2. The molecular formula is C22H25NO3S. The number of aryl methyl sites for hydroxylation is 3. The molecule has 27 heavy (non-hydrogen) atoms. The molecule has 1 aliphatic carbocycles. The van der Waals surface area contributed by atoms with Crippen molar-refractivity contribution in [1.82, 2.24) is 5.32 Å². The number of carbonyl (C=O) groups is 2. The summed E-state index contributed by atoms with van der Waals surface area (Å²) in [5.41, 5.74) is 4.07. The summed E-state index contributed by atoms with van der Waals surface area (Å²) in [7, 11) is 0. The van der Waals surface area contributed by atoms with Crippen LogP contribution in [0.5, 0.6) is 0 Å². The Morgan fingerprint density at radius 2 is 1.85 bits per heavy atom. The van der Waals surface area contributed by atoms with Gasteiger partial charge in [0.1, 0.15) is 0 Å². The SMILES string of the molecule is O=C(COC(=O)CSc1ccc2c(c1)CCC2)NCCCc1ccccc1. The van der Waals surface area contributed by atoms with E-state index in [1.54, 1.807) is 0 Å². The zero-order valence-electron chi connectivity index (χ0n) is 15.4. The third-order valence-corrected chi connectivity index (χ3v) is 5.57. The number of esters is 1. The lowest BCUT2D eigenvalue weighted by Crippen LogP contribution is -2.30. The summed E-state index contributed by atoms with van der Waals surface area (Å²) in [5, 5.41) is 2.79. The maximum absolute atomic E-state index is 11.8. The third kappa shape index (κ3) is 6.43. The van der Waals surface area contributed by atoms with E-state index in [9.17, 15) is 9.59 Å². The van der Waals surface area contributed by atoms with Gasteiger partial charge in [0, 0.05) is 11.4 Å². The summed E-state index contributed by atoms with van der Waals surface area (Å²) in [6, 6.07) is 16.5. The largest absolute Gasteiger partial charge is 0.455 e. The van der Waals surface area contributed by atoms with Crippen molar-refractivity contribution in [2.45, 2.75) is 37.0 Å². The minimum atomic E-state index is -0.361. The number of benzene rings is 2. The van der Waals surface area contributed by atoms with Gasteiger partial charge in [-0.3, -0.25) is 9.59 Å². The van der Waals surface area contributed by atoms with Gasteiger partial charge in [0.25, 0.3) is 5.91 Å². The highest BCUT2D eigenvalue weighted by molar-refractivity contribution is 8.00. The molecule has 0 saturated heterocycles. The van der Waals surface area contributed by atoms with Gasteiger partial charge < -0.3 is 10.1 Å². The van der Waals surface area contributed by atoms with Crippen LogP contribution in [0, 0.1) is 0 Å². The molecule has 0 unspecified atom stereocenters. The normalized spacial score (nSPS) is 12.4. The highest BCUT2D eigenvalue weighted by Crippen LogP contribution is 2.27. The van der Waals surface area contributed by atoms with E-state index in [1.165, 1.54) is 34.9 Å². The lowest BCUT2D eigenvalue weighted by Gasteiger charge is -2.07. The average molecular weight is 384 g/mol. The topological polar surface area (TPSA) is 55.4 Å². The summed E-state index contributed by atoms with van der Waals surface area (Å²) in [6.45, 7) is 0.365. The van der Waals surface area contributed by atoms with Crippen molar-refractivity contribution < 1.29 is 14.3 Å². The fourth-order valence-corrected chi connectivity index (χ4v) is 3.94. The molecule has 0 spiro atoms. The van der Waals surface area contributed by atoms with Crippen LogP contribution in [-0.2, 0) is 33.6 Å². The monoisotopic (exact) mass is 383 g/mol. The molecule has 2 aromatic carbocycles. The van der Waals surface area contributed by atoms with Crippen LogP contribution in [0.4, 0.5) is 0 Å². The van der Waals surface area contributed by atoms with E-state index in [1.807, 2.05) is 18.2 Å². The van der Waals surface area contributed by atoms with E-state index in [0.717, 1.165) is 30.6 Å². The van der Waals surface area contributed by atoms with Gasteiger partial charge >= 0.3 is 5.97 Å². The Labute approximate surface area is 164 Å². The first-order valence-electron chi connectivity index (χ1n) is 9.41. The van der Waals surface area contributed by atoms with Gasteiger partial charge in [-0.05, 0) is 60.9 Å². The number of carbonyl (C=O) groups excluding carboxylic acids is 2. The molecule has 0 radical (unpaired) electrons. The van der Waals surface area contributed by atoms with Gasteiger partial charge in [-0.15, -0.1) is 11.8 Å². The van der Waals surface area contributed by atoms with Crippen molar-refractivity contribution in [3.05, 3.63) is 65.2 Å². The van der Waals surface area contributed by atoms with Crippen LogP contribution in [0.3, 0.4) is 0 Å². The summed E-state index contributed by atoms with van der Waals surface area (Å²) in [4.78, 5) is 24.7. The Bertz CT molecular complexity index is 776. The smallest absolute Gasteiger partial charge is 0.316 e. The molecule has 2 aromatic rings. The number of hydrogen-bond acceptors (Lipinski definition) is 4. The molecule has 0 atom stereocenters. The molecule has 142 valence electrons. The van der Waals surface area contributed by atoms with Crippen molar-refractivity contribution in [3.63, 3.8) is 0 Å². The number of nitrogens with one attached hydrogen (secondary N) is 1. The van der Waals surface area contributed by atoms with Crippen molar-refractivity contribution in [2.24, 2.45) is 0 Å². The highest BCUT2D eigenvalue weighted by Gasteiger charge is 2.12. The highest BCUT2D eigenvalue weighted by atomic mass is 32.2. The molecule has 0 saturated carbocycles. The third-order valence-electron chi connectivity index (χ3n) is 4.60. The predicted octanol–water partition coefficient (Wildman–Crippen LogP) is 3.56. The Morgan fingerprint density at radius 1 is 1.04 bits per heavy atom. The van der Waals surface area contributed by atoms with Crippen LogP contribution in [0.25, 0.3) is 0 Å². The number of thioether (sulfide) groups is 1. The van der Waals surface area contributed by atoms with Crippen LogP contribution in [0.15, 0.2) is 53.4 Å². The minimum absolute atomic E-state index is 0.213. The Kier molecular flexibility index (Phi) is 7.34. The summed E-state index contributed by atoms with van der Waals surface area (Å²) in [6.07, 6.45) is 5.27. The van der Waals surface area contributed by atoms with E-state index < -0.39 is 0 Å². The minimum Gasteiger partial charge on any atom is -0.455 e. The fourth-order valence-electron chi connectivity index (χ4n) is 3.18. The summed E-state index contributed by atoms with van der Waals surface area (Å²) in [5.74, 6) is -0.390. The van der Waals surface area contributed by atoms with Crippen molar-refractivity contribution >= 4 is 23.6 Å². The average Bonchev–Trinajstić information content (AvgIpc) is 3.17. The number of amides is 1. The van der Waals surface area contributed by atoms with E-state index >= 15 is 0 Å². The zero-order chi connectivity index (χ0) is 18.9. The lowest BCUT2D eigenvalue weighted by atomic mass is 10.1. The molecular weight excluding hydrogens is 358 g/mol. The maximum atomic E-state index is 11.8.